The molecule has 8 heteroatoms. The SMILES string of the molecule is CCOc1ccc(C2CC(=O)Nc3nc(SCc4cccc(Cl)c4)[nH]c(=O)c32)cc1. The molecular weight excluding hydrogens is 422 g/mol. The van der Waals surface area contributed by atoms with Crippen molar-refractivity contribution in [2.45, 2.75) is 30.2 Å². The lowest BCUT2D eigenvalue weighted by atomic mass is 9.87. The standard InChI is InChI=1S/C22H20ClN3O3S/c1-2-29-16-8-6-14(7-9-16)17-11-18(27)24-20-19(17)21(28)26-22(25-20)30-12-13-4-3-5-15(23)10-13/h3-10,17H,2,11-12H2,1H3,(H2,24,25,26,27,28). The fourth-order valence-corrected chi connectivity index (χ4v) is 4.46. The molecule has 6 nitrogen and oxygen atoms in total. The number of rotatable bonds is 6. The van der Waals surface area contributed by atoms with Gasteiger partial charge >= 0.3 is 0 Å². The van der Waals surface area contributed by atoms with Crippen molar-refractivity contribution in [1.82, 2.24) is 9.97 Å². The van der Waals surface area contributed by atoms with Gasteiger partial charge in [0, 0.05) is 23.1 Å². The molecule has 1 amide bonds. The van der Waals surface area contributed by atoms with E-state index in [2.05, 4.69) is 15.3 Å². The van der Waals surface area contributed by atoms with Crippen molar-refractivity contribution >= 4 is 35.1 Å². The van der Waals surface area contributed by atoms with Gasteiger partial charge in [-0.3, -0.25) is 9.59 Å². The van der Waals surface area contributed by atoms with Crippen LogP contribution in [0.1, 0.15) is 36.0 Å². The maximum atomic E-state index is 12.9. The van der Waals surface area contributed by atoms with Crippen LogP contribution in [0.15, 0.2) is 58.5 Å². The third kappa shape index (κ3) is 4.52. The average Bonchev–Trinajstić information content (AvgIpc) is 2.72. The Balaban J connectivity index is 1.61. The summed E-state index contributed by atoms with van der Waals surface area (Å²) in [5.41, 5.74) is 2.13. The first-order chi connectivity index (χ1) is 14.5. The van der Waals surface area contributed by atoms with Gasteiger partial charge in [0.05, 0.1) is 12.2 Å². The molecular formula is C22H20ClN3O3S. The number of hydrogen-bond donors (Lipinski definition) is 2. The Bertz CT molecular complexity index is 1130. The van der Waals surface area contributed by atoms with Crippen molar-refractivity contribution in [3.8, 4) is 5.75 Å². The molecule has 0 spiro atoms. The minimum Gasteiger partial charge on any atom is -0.494 e. The second kappa shape index (κ2) is 8.93. The molecule has 1 aliphatic rings. The Morgan fingerprint density at radius 3 is 2.73 bits per heavy atom. The monoisotopic (exact) mass is 441 g/mol. The third-order valence-corrected chi connectivity index (χ3v) is 5.97. The zero-order valence-electron chi connectivity index (χ0n) is 16.3. The summed E-state index contributed by atoms with van der Waals surface area (Å²) in [6.07, 6.45) is 0.195. The summed E-state index contributed by atoms with van der Waals surface area (Å²) in [4.78, 5) is 32.6. The van der Waals surface area contributed by atoms with Crippen molar-refractivity contribution in [3.05, 3.63) is 80.6 Å². The lowest BCUT2D eigenvalue weighted by molar-refractivity contribution is -0.116. The predicted molar refractivity (Wildman–Crippen MR) is 119 cm³/mol. The number of H-pyrrole nitrogens is 1. The number of carbonyl (C=O) groups excluding carboxylic acids is 1. The molecule has 1 aliphatic heterocycles. The van der Waals surface area contributed by atoms with Gasteiger partial charge in [0.25, 0.3) is 5.56 Å². The number of halogens is 1. The van der Waals surface area contributed by atoms with E-state index in [0.29, 0.717) is 33.9 Å². The molecule has 0 bridgehead atoms. The number of carbonyl (C=O) groups is 1. The summed E-state index contributed by atoms with van der Waals surface area (Å²) in [7, 11) is 0. The van der Waals surface area contributed by atoms with Gasteiger partial charge in [0.2, 0.25) is 5.91 Å². The summed E-state index contributed by atoms with van der Waals surface area (Å²) in [6, 6.07) is 15.0. The molecule has 3 aromatic rings. The molecule has 0 saturated carbocycles. The van der Waals surface area contributed by atoms with Gasteiger partial charge in [-0.25, -0.2) is 4.98 Å². The van der Waals surface area contributed by atoms with E-state index in [1.807, 2.05) is 55.5 Å². The number of thioether (sulfide) groups is 1. The molecule has 0 saturated heterocycles. The Morgan fingerprint density at radius 1 is 1.20 bits per heavy atom. The van der Waals surface area contributed by atoms with Gasteiger partial charge in [-0.05, 0) is 42.3 Å². The lowest BCUT2D eigenvalue weighted by Crippen LogP contribution is -2.31. The van der Waals surface area contributed by atoms with Crippen molar-refractivity contribution in [2.75, 3.05) is 11.9 Å². The molecule has 2 aromatic carbocycles. The molecule has 0 radical (unpaired) electrons. The summed E-state index contributed by atoms with van der Waals surface area (Å²) < 4.78 is 5.48. The Hall–Kier alpha value is -2.77. The average molecular weight is 442 g/mol. The Labute approximate surface area is 183 Å². The maximum Gasteiger partial charge on any atom is 0.257 e. The number of aromatic nitrogens is 2. The van der Waals surface area contributed by atoms with Crippen LogP contribution < -0.4 is 15.6 Å². The predicted octanol–water partition coefficient (Wildman–Crippen LogP) is 4.59. The molecule has 1 atom stereocenters. The number of aromatic amines is 1. The molecule has 0 fully saturated rings. The molecule has 1 aromatic heterocycles. The van der Waals surface area contributed by atoms with Gasteiger partial charge < -0.3 is 15.0 Å². The molecule has 0 aliphatic carbocycles. The number of amides is 1. The number of nitrogens with zero attached hydrogens (tertiary/aromatic N) is 1. The van der Waals surface area contributed by atoms with Crippen LogP contribution in [0.25, 0.3) is 0 Å². The normalized spacial score (nSPS) is 15.4. The molecule has 2 heterocycles. The third-order valence-electron chi connectivity index (χ3n) is 4.79. The molecule has 30 heavy (non-hydrogen) atoms. The molecule has 154 valence electrons. The lowest BCUT2D eigenvalue weighted by Gasteiger charge is -2.24. The first kappa shape index (κ1) is 20.5. The van der Waals surface area contributed by atoms with Gasteiger partial charge in [0.1, 0.15) is 11.6 Å². The highest BCUT2D eigenvalue weighted by atomic mass is 35.5. The second-order valence-electron chi connectivity index (χ2n) is 6.86. The number of benzene rings is 2. The van der Waals surface area contributed by atoms with E-state index in [0.717, 1.165) is 16.9 Å². The van der Waals surface area contributed by atoms with E-state index in [1.165, 1.54) is 11.8 Å². The van der Waals surface area contributed by atoms with Crippen LogP contribution in [0.2, 0.25) is 5.02 Å². The summed E-state index contributed by atoms with van der Waals surface area (Å²) in [6.45, 7) is 2.50. The number of anilines is 1. The van der Waals surface area contributed by atoms with Crippen LogP contribution in [0.5, 0.6) is 5.75 Å². The van der Waals surface area contributed by atoms with Crippen molar-refractivity contribution < 1.29 is 9.53 Å². The zero-order valence-corrected chi connectivity index (χ0v) is 17.8. The number of fused-ring (bicyclic) bond motifs is 1. The van der Waals surface area contributed by atoms with E-state index in [4.69, 9.17) is 16.3 Å². The summed E-state index contributed by atoms with van der Waals surface area (Å²) in [5, 5.41) is 3.86. The smallest absolute Gasteiger partial charge is 0.257 e. The van der Waals surface area contributed by atoms with Crippen LogP contribution in [-0.2, 0) is 10.5 Å². The van der Waals surface area contributed by atoms with Crippen molar-refractivity contribution in [1.29, 1.82) is 0 Å². The maximum absolute atomic E-state index is 12.9. The van der Waals surface area contributed by atoms with Crippen molar-refractivity contribution in [2.24, 2.45) is 0 Å². The minimum atomic E-state index is -0.354. The first-order valence-electron chi connectivity index (χ1n) is 9.57. The van der Waals surface area contributed by atoms with E-state index < -0.39 is 0 Å². The van der Waals surface area contributed by atoms with E-state index >= 15 is 0 Å². The number of ether oxygens (including phenoxy) is 1. The summed E-state index contributed by atoms with van der Waals surface area (Å²) in [5.74, 6) is 1.15. The van der Waals surface area contributed by atoms with Gasteiger partial charge in [-0.15, -0.1) is 0 Å². The van der Waals surface area contributed by atoms with E-state index in [-0.39, 0.29) is 23.8 Å². The highest BCUT2D eigenvalue weighted by molar-refractivity contribution is 7.98. The van der Waals surface area contributed by atoms with Crippen LogP contribution in [0.3, 0.4) is 0 Å². The van der Waals surface area contributed by atoms with Crippen LogP contribution in [0, 0.1) is 0 Å². The van der Waals surface area contributed by atoms with Crippen molar-refractivity contribution in [3.63, 3.8) is 0 Å². The molecule has 1 unspecified atom stereocenters. The first-order valence-corrected chi connectivity index (χ1v) is 10.9. The van der Waals surface area contributed by atoms with Gasteiger partial charge in [-0.2, -0.15) is 0 Å². The van der Waals surface area contributed by atoms with E-state index in [9.17, 15) is 9.59 Å². The van der Waals surface area contributed by atoms with Gasteiger partial charge in [0.15, 0.2) is 5.16 Å². The molecule has 2 N–H and O–H groups in total. The Morgan fingerprint density at radius 2 is 2.00 bits per heavy atom. The van der Waals surface area contributed by atoms with E-state index in [1.54, 1.807) is 0 Å². The highest BCUT2D eigenvalue weighted by Gasteiger charge is 2.31. The topological polar surface area (TPSA) is 84.1 Å². The van der Waals surface area contributed by atoms with Crippen LogP contribution in [0.4, 0.5) is 5.82 Å². The zero-order chi connectivity index (χ0) is 21.1. The number of hydrogen-bond acceptors (Lipinski definition) is 5. The highest BCUT2D eigenvalue weighted by Crippen LogP contribution is 2.35. The summed E-state index contributed by atoms with van der Waals surface area (Å²) >= 11 is 7.41. The van der Waals surface area contributed by atoms with Crippen LogP contribution >= 0.6 is 23.4 Å². The minimum absolute atomic E-state index is 0.162. The fraction of sp³-hybridized carbons (Fsp3) is 0.227. The number of nitrogens with one attached hydrogen (secondary N) is 2. The quantitative estimate of drug-likeness (QED) is 0.431. The largest absolute Gasteiger partial charge is 0.494 e. The van der Waals surface area contributed by atoms with Gasteiger partial charge in [-0.1, -0.05) is 47.6 Å². The fourth-order valence-electron chi connectivity index (χ4n) is 3.45. The Kier molecular flexibility index (Phi) is 6.11. The van der Waals surface area contributed by atoms with Crippen LogP contribution in [-0.4, -0.2) is 22.5 Å². The second-order valence-corrected chi connectivity index (χ2v) is 8.26. The molecule has 4 rings (SSSR count).